The number of amides is 1. The van der Waals surface area contributed by atoms with Crippen molar-refractivity contribution in [2.45, 2.75) is 6.92 Å². The minimum absolute atomic E-state index is 0.259. The highest BCUT2D eigenvalue weighted by molar-refractivity contribution is 7.22. The quantitative estimate of drug-likeness (QED) is 0.327. The van der Waals surface area contributed by atoms with E-state index < -0.39 is 0 Å². The number of rotatable bonds is 5. The van der Waals surface area contributed by atoms with Crippen LogP contribution >= 0.6 is 11.3 Å². The zero-order valence-electron chi connectivity index (χ0n) is 18.2. The number of anilines is 1. The minimum Gasteiger partial charge on any atom is -0.496 e. The number of fused-ring (bicyclic) bond motifs is 1. The van der Waals surface area contributed by atoms with Crippen molar-refractivity contribution in [1.29, 1.82) is 0 Å². The lowest BCUT2D eigenvalue weighted by Crippen LogP contribution is -2.14. The molecule has 0 spiro atoms. The molecule has 33 heavy (non-hydrogen) atoms. The van der Waals surface area contributed by atoms with Gasteiger partial charge in [0.25, 0.3) is 5.91 Å². The van der Waals surface area contributed by atoms with Gasteiger partial charge in [0.1, 0.15) is 5.75 Å². The summed E-state index contributed by atoms with van der Waals surface area (Å²) in [6.07, 6.45) is 1.60. The van der Waals surface area contributed by atoms with Crippen LogP contribution < -0.4 is 10.1 Å². The molecule has 0 saturated carbocycles. The van der Waals surface area contributed by atoms with Crippen LogP contribution in [0.15, 0.2) is 85.1 Å². The van der Waals surface area contributed by atoms with E-state index >= 15 is 0 Å². The van der Waals surface area contributed by atoms with E-state index in [-0.39, 0.29) is 5.91 Å². The van der Waals surface area contributed by atoms with Crippen molar-refractivity contribution in [1.82, 2.24) is 9.97 Å². The number of thiazole rings is 1. The molecule has 0 aliphatic rings. The summed E-state index contributed by atoms with van der Waals surface area (Å²) in [4.78, 5) is 22.3. The second kappa shape index (κ2) is 8.84. The molecule has 0 fully saturated rings. The predicted octanol–water partition coefficient (Wildman–Crippen LogP) is 6.59. The monoisotopic (exact) mass is 451 g/mol. The van der Waals surface area contributed by atoms with E-state index in [1.165, 1.54) is 11.3 Å². The van der Waals surface area contributed by atoms with E-state index in [0.29, 0.717) is 16.4 Å². The number of aryl methyl sites for hydroxylation is 1. The van der Waals surface area contributed by atoms with Gasteiger partial charge in [-0.05, 0) is 42.3 Å². The number of hydrogen-bond donors (Lipinski definition) is 1. The van der Waals surface area contributed by atoms with Gasteiger partial charge >= 0.3 is 0 Å². The number of aromatic nitrogens is 2. The van der Waals surface area contributed by atoms with Gasteiger partial charge in [0.05, 0.1) is 22.9 Å². The molecule has 5 rings (SSSR count). The molecule has 0 aliphatic heterocycles. The molecule has 2 aromatic heterocycles. The molecule has 2 heterocycles. The Kier molecular flexibility index (Phi) is 5.59. The molecule has 0 bridgehead atoms. The Balaban J connectivity index is 1.48. The summed E-state index contributed by atoms with van der Waals surface area (Å²) in [6, 6.07) is 25.9. The van der Waals surface area contributed by atoms with Crippen LogP contribution in [0, 0.1) is 6.92 Å². The van der Waals surface area contributed by atoms with Crippen LogP contribution in [0.2, 0.25) is 0 Å². The summed E-state index contributed by atoms with van der Waals surface area (Å²) >= 11 is 1.45. The number of hydrogen-bond acceptors (Lipinski definition) is 5. The van der Waals surface area contributed by atoms with Gasteiger partial charge in [-0.15, -0.1) is 0 Å². The molecular formula is C27H21N3O2S. The largest absolute Gasteiger partial charge is 0.496 e. The van der Waals surface area contributed by atoms with E-state index in [9.17, 15) is 4.79 Å². The number of carbonyl (C=O) groups excluding carboxylic acids is 1. The first-order chi connectivity index (χ1) is 16.1. The highest BCUT2D eigenvalue weighted by Crippen LogP contribution is 2.34. The second-order valence-corrected chi connectivity index (χ2v) is 8.62. The third-order valence-corrected chi connectivity index (χ3v) is 6.35. The Bertz CT molecular complexity index is 1460. The fourth-order valence-corrected chi connectivity index (χ4v) is 4.63. The van der Waals surface area contributed by atoms with Gasteiger partial charge in [-0.3, -0.25) is 15.1 Å². The number of methoxy groups -OCH3 is 1. The summed E-state index contributed by atoms with van der Waals surface area (Å²) in [6.45, 7) is 1.90. The van der Waals surface area contributed by atoms with Crippen LogP contribution in [-0.4, -0.2) is 23.0 Å². The topological polar surface area (TPSA) is 64.1 Å². The third-order valence-electron chi connectivity index (χ3n) is 5.40. The molecule has 0 saturated heterocycles. The van der Waals surface area contributed by atoms with Crippen LogP contribution in [0.25, 0.3) is 32.5 Å². The van der Waals surface area contributed by atoms with Crippen LogP contribution in [0.4, 0.5) is 5.13 Å². The van der Waals surface area contributed by atoms with Gasteiger partial charge in [0.15, 0.2) is 5.13 Å². The number of nitrogens with zero attached hydrogens (tertiary/aromatic N) is 2. The maximum absolute atomic E-state index is 13.3. The fourth-order valence-electron chi connectivity index (χ4n) is 3.79. The fraction of sp³-hybridized carbons (Fsp3) is 0.0741. The lowest BCUT2D eigenvalue weighted by atomic mass is 9.99. The molecule has 5 aromatic rings. The summed E-state index contributed by atoms with van der Waals surface area (Å²) in [5.74, 6) is 0.441. The van der Waals surface area contributed by atoms with Crippen molar-refractivity contribution in [3.05, 3.63) is 96.3 Å². The van der Waals surface area contributed by atoms with Crippen molar-refractivity contribution >= 4 is 32.6 Å². The van der Waals surface area contributed by atoms with Crippen LogP contribution in [0.5, 0.6) is 5.75 Å². The van der Waals surface area contributed by atoms with E-state index in [1.54, 1.807) is 13.3 Å². The number of nitrogens with one attached hydrogen (secondary N) is 1. The number of pyridine rings is 1. The van der Waals surface area contributed by atoms with Crippen molar-refractivity contribution in [2.75, 3.05) is 12.4 Å². The summed E-state index contributed by atoms with van der Waals surface area (Å²) in [7, 11) is 1.62. The normalized spacial score (nSPS) is 10.8. The molecular weight excluding hydrogens is 430 g/mol. The van der Waals surface area contributed by atoms with E-state index in [4.69, 9.17) is 4.74 Å². The van der Waals surface area contributed by atoms with Gasteiger partial charge in [-0.1, -0.05) is 65.9 Å². The van der Waals surface area contributed by atoms with Gasteiger partial charge < -0.3 is 4.74 Å². The Labute approximate surface area is 195 Å². The Morgan fingerprint density at radius 1 is 0.909 bits per heavy atom. The highest BCUT2D eigenvalue weighted by Gasteiger charge is 2.18. The first kappa shape index (κ1) is 20.8. The highest BCUT2D eigenvalue weighted by atomic mass is 32.1. The SMILES string of the molecule is COc1ccccc1-c1cc(C)ncc1C(=O)Nc1nc2cc(-c3ccccc3)ccc2s1. The average molecular weight is 452 g/mol. The molecule has 3 aromatic carbocycles. The third kappa shape index (κ3) is 4.21. The van der Waals surface area contributed by atoms with Gasteiger partial charge in [0.2, 0.25) is 0 Å². The maximum atomic E-state index is 13.3. The Hall–Kier alpha value is -4.03. The Morgan fingerprint density at radius 2 is 1.70 bits per heavy atom. The summed E-state index contributed by atoms with van der Waals surface area (Å²) < 4.78 is 6.53. The van der Waals surface area contributed by atoms with E-state index in [2.05, 4.69) is 33.5 Å². The van der Waals surface area contributed by atoms with Crippen LogP contribution in [0.3, 0.4) is 0 Å². The standard InChI is InChI=1S/C27H21N3O2S/c1-17-14-21(20-10-6-7-11-24(20)32-2)22(16-28-17)26(31)30-27-29-23-15-19(12-13-25(23)33-27)18-8-4-3-5-9-18/h3-16H,1-2H3,(H,29,30,31). The summed E-state index contributed by atoms with van der Waals surface area (Å²) in [5.41, 5.74) is 5.97. The van der Waals surface area contributed by atoms with Gasteiger partial charge in [-0.25, -0.2) is 4.98 Å². The van der Waals surface area contributed by atoms with Gasteiger partial charge in [-0.2, -0.15) is 0 Å². The predicted molar refractivity (Wildman–Crippen MR) is 134 cm³/mol. The van der Waals surface area contributed by atoms with Crippen molar-refractivity contribution < 1.29 is 9.53 Å². The van der Waals surface area contributed by atoms with Crippen molar-refractivity contribution in [3.8, 4) is 28.0 Å². The van der Waals surface area contributed by atoms with Crippen molar-refractivity contribution in [2.24, 2.45) is 0 Å². The lowest BCUT2D eigenvalue weighted by Gasteiger charge is -2.13. The molecule has 0 unspecified atom stereocenters. The second-order valence-electron chi connectivity index (χ2n) is 7.59. The number of benzene rings is 3. The lowest BCUT2D eigenvalue weighted by molar-refractivity contribution is 0.102. The smallest absolute Gasteiger partial charge is 0.259 e. The maximum Gasteiger partial charge on any atom is 0.259 e. The van der Waals surface area contributed by atoms with Crippen molar-refractivity contribution in [3.63, 3.8) is 0 Å². The molecule has 162 valence electrons. The molecule has 0 atom stereocenters. The van der Waals surface area contributed by atoms with E-state index in [1.807, 2.05) is 67.6 Å². The molecule has 5 nitrogen and oxygen atoms in total. The molecule has 0 radical (unpaired) electrons. The number of carbonyl (C=O) groups is 1. The Morgan fingerprint density at radius 3 is 2.52 bits per heavy atom. The minimum atomic E-state index is -0.259. The van der Waals surface area contributed by atoms with Crippen LogP contribution in [-0.2, 0) is 0 Å². The number of ether oxygens (including phenoxy) is 1. The molecule has 0 aliphatic carbocycles. The van der Waals surface area contributed by atoms with Gasteiger partial charge in [0, 0.05) is 23.0 Å². The average Bonchev–Trinajstić information content (AvgIpc) is 3.25. The van der Waals surface area contributed by atoms with Crippen LogP contribution in [0.1, 0.15) is 16.1 Å². The molecule has 1 N–H and O–H groups in total. The first-order valence-electron chi connectivity index (χ1n) is 10.5. The molecule has 6 heteroatoms. The number of para-hydroxylation sites is 1. The summed E-state index contributed by atoms with van der Waals surface area (Å²) in [5, 5.41) is 3.51. The zero-order chi connectivity index (χ0) is 22.8. The zero-order valence-corrected chi connectivity index (χ0v) is 19.0. The first-order valence-corrected chi connectivity index (χ1v) is 11.3. The van der Waals surface area contributed by atoms with E-state index in [0.717, 1.165) is 38.2 Å². The molecule has 1 amide bonds.